The Hall–Kier alpha value is -2.92. The summed E-state index contributed by atoms with van der Waals surface area (Å²) in [5, 5.41) is 4.17. The monoisotopic (exact) mass is 448 g/mol. The lowest BCUT2D eigenvalue weighted by Gasteiger charge is -2.18. The number of nitrogens with one attached hydrogen (secondary N) is 1. The summed E-state index contributed by atoms with van der Waals surface area (Å²) < 4.78 is 6.07. The maximum absolute atomic E-state index is 12.9. The van der Waals surface area contributed by atoms with Gasteiger partial charge in [0.2, 0.25) is 5.91 Å². The van der Waals surface area contributed by atoms with E-state index in [0.29, 0.717) is 0 Å². The molecular formula is C24H21BrN2O2. The molecule has 4 rings (SSSR count). The zero-order valence-electron chi connectivity index (χ0n) is 16.0. The second-order valence-corrected chi connectivity index (χ2v) is 7.94. The van der Waals surface area contributed by atoms with E-state index in [2.05, 4.69) is 50.7 Å². The Morgan fingerprint density at radius 1 is 1.07 bits per heavy atom. The van der Waals surface area contributed by atoms with Crippen LogP contribution in [0.4, 0.5) is 0 Å². The van der Waals surface area contributed by atoms with Crippen LogP contribution in [0.5, 0.6) is 5.75 Å². The van der Waals surface area contributed by atoms with Gasteiger partial charge in [0, 0.05) is 5.41 Å². The summed E-state index contributed by atoms with van der Waals surface area (Å²) in [5.74, 6) is 0.535. The van der Waals surface area contributed by atoms with Crippen molar-refractivity contribution in [3.8, 4) is 5.75 Å². The van der Waals surface area contributed by atoms with Gasteiger partial charge in [0.1, 0.15) is 5.75 Å². The van der Waals surface area contributed by atoms with Gasteiger partial charge in [-0.15, -0.1) is 0 Å². The molecule has 1 saturated carbocycles. The number of hydrogen-bond donors (Lipinski definition) is 1. The first kappa shape index (κ1) is 19.4. The Morgan fingerprint density at radius 3 is 2.24 bits per heavy atom. The number of carbonyl (C=O) groups is 1. The van der Waals surface area contributed by atoms with Crippen LogP contribution < -0.4 is 10.2 Å². The first-order valence-electron chi connectivity index (χ1n) is 9.42. The Bertz CT molecular complexity index is 996. The van der Waals surface area contributed by atoms with Gasteiger partial charge in [-0.25, -0.2) is 5.43 Å². The molecule has 5 heteroatoms. The topological polar surface area (TPSA) is 50.7 Å². The quantitative estimate of drug-likeness (QED) is 0.429. The third-order valence-corrected chi connectivity index (χ3v) is 6.04. The van der Waals surface area contributed by atoms with Gasteiger partial charge in [-0.3, -0.25) is 4.79 Å². The molecule has 0 saturated heterocycles. The van der Waals surface area contributed by atoms with E-state index in [4.69, 9.17) is 4.74 Å². The predicted molar refractivity (Wildman–Crippen MR) is 118 cm³/mol. The van der Waals surface area contributed by atoms with Crippen molar-refractivity contribution < 1.29 is 9.53 Å². The van der Waals surface area contributed by atoms with Gasteiger partial charge >= 0.3 is 0 Å². The Balaban J connectivity index is 1.51. The third-order valence-electron chi connectivity index (χ3n) is 5.42. The normalized spacial score (nSPS) is 17.1. The van der Waals surface area contributed by atoms with Crippen molar-refractivity contribution in [2.75, 3.05) is 7.11 Å². The van der Waals surface area contributed by atoms with E-state index in [9.17, 15) is 4.79 Å². The lowest BCUT2D eigenvalue weighted by Crippen LogP contribution is -2.25. The molecule has 0 spiro atoms. The molecular weight excluding hydrogens is 428 g/mol. The van der Waals surface area contributed by atoms with E-state index in [1.807, 2.05) is 54.6 Å². The van der Waals surface area contributed by atoms with Crippen molar-refractivity contribution in [2.24, 2.45) is 11.0 Å². The van der Waals surface area contributed by atoms with E-state index in [-0.39, 0.29) is 17.2 Å². The fraction of sp³-hybridized carbons (Fsp3) is 0.167. The van der Waals surface area contributed by atoms with Gasteiger partial charge in [-0.2, -0.15) is 5.10 Å². The lowest BCUT2D eigenvalue weighted by molar-refractivity contribution is -0.122. The van der Waals surface area contributed by atoms with Gasteiger partial charge in [0.05, 0.1) is 23.7 Å². The summed E-state index contributed by atoms with van der Waals surface area (Å²) in [6.45, 7) is 0. The number of benzene rings is 3. The summed E-state index contributed by atoms with van der Waals surface area (Å²) in [6.07, 6.45) is 2.41. The molecule has 0 bridgehead atoms. The summed E-state index contributed by atoms with van der Waals surface area (Å²) in [6, 6.07) is 26.1. The zero-order valence-corrected chi connectivity index (χ0v) is 17.6. The predicted octanol–water partition coefficient (Wildman–Crippen LogP) is 4.91. The fourth-order valence-electron chi connectivity index (χ4n) is 3.87. The highest BCUT2D eigenvalue weighted by molar-refractivity contribution is 9.10. The van der Waals surface area contributed by atoms with Crippen molar-refractivity contribution in [1.82, 2.24) is 5.43 Å². The molecule has 3 aromatic carbocycles. The van der Waals surface area contributed by atoms with Crippen LogP contribution in [-0.4, -0.2) is 19.2 Å². The average Bonchev–Trinajstić information content (AvgIpc) is 3.52. The highest BCUT2D eigenvalue weighted by atomic mass is 79.9. The van der Waals surface area contributed by atoms with Crippen LogP contribution in [0.25, 0.3) is 0 Å². The molecule has 1 atom stereocenters. The number of amides is 1. The number of nitrogens with zero attached hydrogens (tertiary/aromatic N) is 1. The number of hydrogen-bond acceptors (Lipinski definition) is 3. The van der Waals surface area contributed by atoms with Crippen LogP contribution in [0.3, 0.4) is 0 Å². The summed E-state index contributed by atoms with van der Waals surface area (Å²) in [5.41, 5.74) is 5.62. The molecule has 1 aliphatic rings. The van der Waals surface area contributed by atoms with Crippen LogP contribution in [0, 0.1) is 5.92 Å². The molecule has 1 amide bonds. The van der Waals surface area contributed by atoms with Crippen molar-refractivity contribution in [1.29, 1.82) is 0 Å². The number of ether oxygens (including phenoxy) is 1. The molecule has 0 unspecified atom stereocenters. The molecule has 29 heavy (non-hydrogen) atoms. The van der Waals surface area contributed by atoms with Crippen LogP contribution in [0.15, 0.2) is 88.4 Å². The van der Waals surface area contributed by atoms with E-state index >= 15 is 0 Å². The van der Waals surface area contributed by atoms with Gasteiger partial charge in [-0.05, 0) is 57.2 Å². The maximum atomic E-state index is 12.9. The molecule has 1 N–H and O–H groups in total. The van der Waals surface area contributed by atoms with E-state index in [1.165, 1.54) is 0 Å². The van der Waals surface area contributed by atoms with Gasteiger partial charge in [0.15, 0.2) is 0 Å². The zero-order chi connectivity index (χ0) is 20.3. The molecule has 3 aromatic rings. The first-order valence-corrected chi connectivity index (χ1v) is 10.2. The highest BCUT2D eigenvalue weighted by Gasteiger charge is 2.60. The molecule has 146 valence electrons. The van der Waals surface area contributed by atoms with Crippen molar-refractivity contribution >= 4 is 28.1 Å². The summed E-state index contributed by atoms with van der Waals surface area (Å²) >= 11 is 3.45. The van der Waals surface area contributed by atoms with E-state index in [1.54, 1.807) is 13.3 Å². The minimum Gasteiger partial charge on any atom is -0.496 e. The van der Waals surface area contributed by atoms with Crippen molar-refractivity contribution in [2.45, 2.75) is 11.8 Å². The number of methoxy groups -OCH3 is 1. The molecule has 0 heterocycles. The van der Waals surface area contributed by atoms with Gasteiger partial charge < -0.3 is 4.74 Å². The molecule has 0 radical (unpaired) electrons. The molecule has 1 aliphatic carbocycles. The second kappa shape index (κ2) is 8.21. The molecule has 4 nitrogen and oxygen atoms in total. The minimum absolute atomic E-state index is 0.0680. The summed E-state index contributed by atoms with van der Waals surface area (Å²) in [4.78, 5) is 12.9. The average molecular weight is 449 g/mol. The third kappa shape index (κ3) is 3.83. The standard InChI is InChI=1S/C24H21BrN2O2/c1-29-22-13-12-17(14-21(22)25)16-26-27-23(28)20-15-24(20,18-8-4-2-5-9-18)19-10-6-3-7-11-19/h2-14,16,20H,15H2,1H3,(H,27,28)/b26-16-/t20-/m1/s1. The number of rotatable bonds is 6. The molecule has 0 aromatic heterocycles. The highest BCUT2D eigenvalue weighted by Crippen LogP contribution is 2.58. The smallest absolute Gasteiger partial charge is 0.244 e. The Labute approximate surface area is 178 Å². The summed E-state index contributed by atoms with van der Waals surface area (Å²) in [7, 11) is 1.62. The molecule has 0 aliphatic heterocycles. The van der Waals surface area contributed by atoms with Crippen LogP contribution in [0.1, 0.15) is 23.1 Å². The number of carbonyl (C=O) groups excluding carboxylic acids is 1. The SMILES string of the molecule is COc1ccc(/C=N\NC(=O)[C@H]2CC2(c2ccccc2)c2ccccc2)cc1Br. The van der Waals surface area contributed by atoms with E-state index < -0.39 is 0 Å². The van der Waals surface area contributed by atoms with Gasteiger partial charge in [0.25, 0.3) is 0 Å². The van der Waals surface area contributed by atoms with Gasteiger partial charge in [-0.1, -0.05) is 60.7 Å². The molecule has 1 fully saturated rings. The van der Waals surface area contributed by atoms with Crippen LogP contribution in [0.2, 0.25) is 0 Å². The lowest BCUT2D eigenvalue weighted by atomic mass is 9.85. The second-order valence-electron chi connectivity index (χ2n) is 7.09. The minimum atomic E-state index is -0.286. The van der Waals surface area contributed by atoms with Crippen molar-refractivity contribution in [3.05, 3.63) is 100 Å². The number of hydrazone groups is 1. The van der Waals surface area contributed by atoms with Crippen LogP contribution in [-0.2, 0) is 10.2 Å². The Kier molecular flexibility index (Phi) is 5.49. The first-order chi connectivity index (χ1) is 14.1. The van der Waals surface area contributed by atoms with Crippen molar-refractivity contribution in [3.63, 3.8) is 0 Å². The number of halogens is 1. The largest absolute Gasteiger partial charge is 0.496 e. The van der Waals surface area contributed by atoms with Crippen LogP contribution >= 0.6 is 15.9 Å². The van der Waals surface area contributed by atoms with E-state index in [0.717, 1.165) is 33.3 Å². The fourth-order valence-corrected chi connectivity index (χ4v) is 4.43. The Morgan fingerprint density at radius 2 is 1.69 bits per heavy atom. The maximum Gasteiger partial charge on any atom is 0.244 e.